The molecule has 1 atom stereocenters. The van der Waals surface area contributed by atoms with Crippen molar-refractivity contribution in [2.45, 2.75) is 37.6 Å². The van der Waals surface area contributed by atoms with Gasteiger partial charge < -0.3 is 20.1 Å². The molecule has 118 valence electrons. The molecule has 2 saturated heterocycles. The van der Waals surface area contributed by atoms with E-state index in [1.165, 1.54) is 12.8 Å². The van der Waals surface area contributed by atoms with Crippen molar-refractivity contribution < 1.29 is 19.4 Å². The third-order valence-corrected chi connectivity index (χ3v) is 4.90. The molecule has 0 aromatic heterocycles. The maximum absolute atomic E-state index is 12.4. The fraction of sp³-hybridized carbons (Fsp3) is 0.867. The van der Waals surface area contributed by atoms with Gasteiger partial charge in [0.1, 0.15) is 0 Å². The highest BCUT2D eigenvalue weighted by Crippen LogP contribution is 2.32. The van der Waals surface area contributed by atoms with Crippen LogP contribution in [-0.4, -0.2) is 60.3 Å². The molecule has 0 radical (unpaired) electrons. The smallest absolute Gasteiger partial charge is 0.225 e. The van der Waals surface area contributed by atoms with Gasteiger partial charge in [-0.25, -0.2) is 0 Å². The third kappa shape index (κ3) is 3.37. The second kappa shape index (κ2) is 5.93. The molecule has 6 nitrogen and oxygen atoms in total. The summed E-state index contributed by atoms with van der Waals surface area (Å²) in [6, 6.07) is 0. The van der Waals surface area contributed by atoms with Crippen molar-refractivity contribution in [2.75, 3.05) is 32.9 Å². The normalized spacial score (nSPS) is 28.7. The minimum absolute atomic E-state index is 0.0748. The summed E-state index contributed by atoms with van der Waals surface area (Å²) in [5.41, 5.74) is -0.567. The molecule has 0 aromatic carbocycles. The Morgan fingerprint density at radius 3 is 2.71 bits per heavy atom. The second-order valence-corrected chi connectivity index (χ2v) is 6.68. The number of likely N-dealkylation sites (tertiary alicyclic amines) is 1. The lowest BCUT2D eigenvalue weighted by molar-refractivity contribution is -0.130. The van der Waals surface area contributed by atoms with Crippen LogP contribution in [0, 0.1) is 11.8 Å². The summed E-state index contributed by atoms with van der Waals surface area (Å²) in [4.78, 5) is 26.2. The molecule has 2 N–H and O–H groups in total. The van der Waals surface area contributed by atoms with Gasteiger partial charge in [0, 0.05) is 32.7 Å². The van der Waals surface area contributed by atoms with Crippen LogP contribution >= 0.6 is 0 Å². The Bertz CT molecular complexity index is 416. The van der Waals surface area contributed by atoms with E-state index < -0.39 is 5.54 Å². The monoisotopic (exact) mass is 296 g/mol. The third-order valence-electron chi connectivity index (χ3n) is 4.90. The number of aliphatic hydroxyl groups is 1. The van der Waals surface area contributed by atoms with Gasteiger partial charge in [-0.15, -0.1) is 0 Å². The zero-order valence-electron chi connectivity index (χ0n) is 12.3. The average Bonchev–Trinajstić information content (AvgIpc) is 3.23. The molecule has 6 heteroatoms. The average molecular weight is 296 g/mol. The Morgan fingerprint density at radius 2 is 2.10 bits per heavy atom. The highest BCUT2D eigenvalue weighted by Gasteiger charge is 2.40. The summed E-state index contributed by atoms with van der Waals surface area (Å²) in [5, 5.41) is 12.6. The van der Waals surface area contributed by atoms with Crippen LogP contribution in [0.2, 0.25) is 0 Å². The molecular formula is C15H24N2O4. The van der Waals surface area contributed by atoms with Crippen LogP contribution in [0.25, 0.3) is 0 Å². The summed E-state index contributed by atoms with van der Waals surface area (Å²) in [5.74, 6) is 0.363. The maximum Gasteiger partial charge on any atom is 0.225 e. The van der Waals surface area contributed by atoms with Crippen LogP contribution in [-0.2, 0) is 14.3 Å². The molecule has 3 fully saturated rings. The van der Waals surface area contributed by atoms with E-state index in [1.807, 2.05) is 4.90 Å². The predicted octanol–water partition coefficient (Wildman–Crippen LogP) is -0.0974. The van der Waals surface area contributed by atoms with Crippen LogP contribution in [0.5, 0.6) is 0 Å². The number of rotatable bonds is 5. The SMILES string of the molecule is O=C(NC1(CO)CCOCC1)C1CC(=O)N(CC2CC2)C1. The summed E-state index contributed by atoms with van der Waals surface area (Å²) in [7, 11) is 0. The zero-order chi connectivity index (χ0) is 14.9. The summed E-state index contributed by atoms with van der Waals surface area (Å²) in [6.45, 7) is 2.37. The first-order chi connectivity index (χ1) is 10.1. The molecule has 0 bridgehead atoms. The van der Waals surface area contributed by atoms with Crippen LogP contribution in [0.15, 0.2) is 0 Å². The molecule has 1 unspecified atom stereocenters. The maximum atomic E-state index is 12.4. The van der Waals surface area contributed by atoms with Crippen molar-refractivity contribution in [2.24, 2.45) is 11.8 Å². The van der Waals surface area contributed by atoms with Gasteiger partial charge in [0.05, 0.1) is 18.1 Å². The van der Waals surface area contributed by atoms with Crippen molar-refractivity contribution in [3.63, 3.8) is 0 Å². The van der Waals surface area contributed by atoms with E-state index in [0.29, 0.717) is 44.9 Å². The second-order valence-electron chi connectivity index (χ2n) is 6.68. The van der Waals surface area contributed by atoms with Gasteiger partial charge in [-0.2, -0.15) is 0 Å². The van der Waals surface area contributed by atoms with E-state index in [-0.39, 0.29) is 24.3 Å². The van der Waals surface area contributed by atoms with E-state index in [9.17, 15) is 14.7 Å². The van der Waals surface area contributed by atoms with Crippen LogP contribution in [0.4, 0.5) is 0 Å². The van der Waals surface area contributed by atoms with Crippen LogP contribution in [0.1, 0.15) is 32.1 Å². The number of carbonyl (C=O) groups excluding carboxylic acids is 2. The van der Waals surface area contributed by atoms with Gasteiger partial charge >= 0.3 is 0 Å². The molecule has 3 aliphatic rings. The standard InChI is InChI=1S/C15H24N2O4/c18-10-15(3-5-21-6-4-15)16-14(20)12-7-13(19)17(9-12)8-11-1-2-11/h11-12,18H,1-10H2,(H,16,20). The van der Waals surface area contributed by atoms with Gasteiger partial charge in [-0.3, -0.25) is 9.59 Å². The summed E-state index contributed by atoms with van der Waals surface area (Å²) >= 11 is 0. The van der Waals surface area contributed by atoms with Gasteiger partial charge in [0.15, 0.2) is 0 Å². The van der Waals surface area contributed by atoms with Crippen molar-refractivity contribution in [3.8, 4) is 0 Å². The highest BCUT2D eigenvalue weighted by atomic mass is 16.5. The summed E-state index contributed by atoms with van der Waals surface area (Å²) in [6.07, 6.45) is 3.96. The quantitative estimate of drug-likeness (QED) is 0.743. The number of carbonyl (C=O) groups is 2. The molecule has 0 aromatic rings. The van der Waals surface area contributed by atoms with Crippen molar-refractivity contribution in [1.82, 2.24) is 10.2 Å². The summed E-state index contributed by atoms with van der Waals surface area (Å²) < 4.78 is 5.29. The van der Waals surface area contributed by atoms with E-state index in [0.717, 1.165) is 6.54 Å². The number of hydrogen-bond donors (Lipinski definition) is 2. The Kier molecular flexibility index (Phi) is 4.17. The lowest BCUT2D eigenvalue weighted by atomic mass is 9.90. The highest BCUT2D eigenvalue weighted by molar-refractivity contribution is 5.89. The van der Waals surface area contributed by atoms with Crippen LogP contribution in [0.3, 0.4) is 0 Å². The lowest BCUT2D eigenvalue weighted by Crippen LogP contribution is -2.56. The first-order valence-electron chi connectivity index (χ1n) is 7.90. The first kappa shape index (κ1) is 14.8. The van der Waals surface area contributed by atoms with Crippen molar-refractivity contribution >= 4 is 11.8 Å². The fourth-order valence-electron chi connectivity index (χ4n) is 3.18. The Labute approximate surface area is 124 Å². The Hall–Kier alpha value is -1.14. The van der Waals surface area contributed by atoms with E-state index in [1.54, 1.807) is 0 Å². The number of aliphatic hydroxyl groups excluding tert-OH is 1. The number of nitrogens with one attached hydrogen (secondary N) is 1. The predicted molar refractivity (Wildman–Crippen MR) is 75.4 cm³/mol. The Balaban J connectivity index is 1.56. The molecule has 1 saturated carbocycles. The molecule has 21 heavy (non-hydrogen) atoms. The molecule has 2 heterocycles. The molecule has 0 spiro atoms. The van der Waals surface area contributed by atoms with Gasteiger partial charge in [0.2, 0.25) is 11.8 Å². The van der Waals surface area contributed by atoms with Crippen molar-refractivity contribution in [1.29, 1.82) is 0 Å². The van der Waals surface area contributed by atoms with E-state index >= 15 is 0 Å². The fourth-order valence-corrected chi connectivity index (χ4v) is 3.18. The number of hydrogen-bond acceptors (Lipinski definition) is 4. The minimum atomic E-state index is -0.567. The lowest BCUT2D eigenvalue weighted by Gasteiger charge is -2.37. The topological polar surface area (TPSA) is 78.9 Å². The molecule has 2 aliphatic heterocycles. The molecular weight excluding hydrogens is 272 g/mol. The molecule has 2 amide bonds. The van der Waals surface area contributed by atoms with E-state index in [2.05, 4.69) is 5.32 Å². The van der Waals surface area contributed by atoms with Gasteiger partial charge in [0.25, 0.3) is 0 Å². The van der Waals surface area contributed by atoms with Crippen LogP contribution < -0.4 is 5.32 Å². The van der Waals surface area contributed by atoms with Gasteiger partial charge in [-0.1, -0.05) is 0 Å². The van der Waals surface area contributed by atoms with E-state index in [4.69, 9.17) is 4.74 Å². The Morgan fingerprint density at radius 1 is 1.38 bits per heavy atom. The number of ether oxygens (including phenoxy) is 1. The zero-order valence-corrected chi connectivity index (χ0v) is 12.3. The molecule has 3 rings (SSSR count). The minimum Gasteiger partial charge on any atom is -0.394 e. The first-order valence-corrected chi connectivity index (χ1v) is 7.90. The number of nitrogens with zero attached hydrogens (tertiary/aromatic N) is 1. The van der Waals surface area contributed by atoms with Crippen molar-refractivity contribution in [3.05, 3.63) is 0 Å². The number of amides is 2. The molecule has 1 aliphatic carbocycles. The van der Waals surface area contributed by atoms with Gasteiger partial charge in [-0.05, 0) is 31.6 Å². The largest absolute Gasteiger partial charge is 0.394 e.